The van der Waals surface area contributed by atoms with Crippen LogP contribution in [0.3, 0.4) is 0 Å². The molecule has 0 saturated carbocycles. The molecule has 1 heterocycles. The van der Waals surface area contributed by atoms with Gasteiger partial charge in [0.1, 0.15) is 0 Å². The molecule has 6 heteroatoms. The number of benzene rings is 1. The van der Waals surface area contributed by atoms with E-state index in [1.165, 1.54) is 4.31 Å². The summed E-state index contributed by atoms with van der Waals surface area (Å²) in [5.41, 5.74) is 2.43. The van der Waals surface area contributed by atoms with Gasteiger partial charge in [-0.1, -0.05) is 24.6 Å². The van der Waals surface area contributed by atoms with Crippen LogP contribution >= 0.6 is 0 Å². The van der Waals surface area contributed by atoms with Gasteiger partial charge in [-0.25, -0.2) is 8.42 Å². The van der Waals surface area contributed by atoms with E-state index in [0.29, 0.717) is 16.0 Å². The van der Waals surface area contributed by atoms with Gasteiger partial charge in [-0.3, -0.25) is 4.79 Å². The minimum absolute atomic E-state index is 0.0472. The summed E-state index contributed by atoms with van der Waals surface area (Å²) in [6.07, 6.45) is 0. The zero-order chi connectivity index (χ0) is 15.9. The van der Waals surface area contributed by atoms with E-state index in [-0.39, 0.29) is 19.0 Å². The highest BCUT2D eigenvalue weighted by atomic mass is 32.2. The summed E-state index contributed by atoms with van der Waals surface area (Å²) < 4.78 is 27.0. The molecule has 5 nitrogen and oxygen atoms in total. The van der Waals surface area contributed by atoms with Crippen LogP contribution in [-0.2, 0) is 14.8 Å². The van der Waals surface area contributed by atoms with Gasteiger partial charge < -0.3 is 5.11 Å². The number of hydrogen-bond acceptors (Lipinski definition) is 3. The first-order valence-electron chi connectivity index (χ1n) is 6.95. The standard InChI is InChI=1S/C15H21NO4S/c1-9-5-10(2)14(11(3)6-9)21(19,20)16-7-12(4)13(8-16)15(17)18/h5-6,12-13H,7-8H2,1-4H3,(H,17,18)/t12-,13-/m1/s1. The zero-order valence-corrected chi connectivity index (χ0v) is 13.6. The molecule has 0 aliphatic carbocycles. The Morgan fingerprint density at radius 1 is 1.19 bits per heavy atom. The minimum atomic E-state index is -3.65. The fourth-order valence-corrected chi connectivity index (χ4v) is 5.12. The van der Waals surface area contributed by atoms with E-state index in [2.05, 4.69) is 0 Å². The number of sulfonamides is 1. The first kappa shape index (κ1) is 16.0. The number of carboxylic acids is 1. The normalized spacial score (nSPS) is 23.4. The molecule has 0 unspecified atom stereocenters. The average Bonchev–Trinajstić information content (AvgIpc) is 2.70. The molecule has 116 valence electrons. The smallest absolute Gasteiger partial charge is 0.308 e. The molecule has 0 amide bonds. The van der Waals surface area contributed by atoms with Crippen molar-refractivity contribution in [2.24, 2.45) is 11.8 Å². The molecule has 0 aromatic heterocycles. The quantitative estimate of drug-likeness (QED) is 0.926. The molecule has 2 atom stereocenters. The van der Waals surface area contributed by atoms with Gasteiger partial charge in [0.05, 0.1) is 10.8 Å². The number of carboxylic acid groups (broad SMARTS) is 1. The first-order chi connectivity index (χ1) is 9.64. The Bertz CT molecular complexity index is 658. The molecule has 1 aromatic rings. The van der Waals surface area contributed by atoms with E-state index in [1.807, 2.05) is 19.1 Å². The maximum absolute atomic E-state index is 12.8. The van der Waals surface area contributed by atoms with Crippen LogP contribution < -0.4 is 0 Å². The largest absolute Gasteiger partial charge is 0.481 e. The van der Waals surface area contributed by atoms with E-state index in [4.69, 9.17) is 5.11 Å². The Kier molecular flexibility index (Phi) is 4.13. The van der Waals surface area contributed by atoms with Gasteiger partial charge in [0, 0.05) is 13.1 Å². The van der Waals surface area contributed by atoms with E-state index < -0.39 is 21.9 Å². The van der Waals surface area contributed by atoms with E-state index in [0.717, 1.165) is 5.56 Å². The molecule has 0 spiro atoms. The van der Waals surface area contributed by atoms with Crippen molar-refractivity contribution in [1.29, 1.82) is 0 Å². The van der Waals surface area contributed by atoms with Gasteiger partial charge in [-0.2, -0.15) is 4.31 Å². The SMILES string of the molecule is Cc1cc(C)c(S(=O)(=O)N2C[C@@H](C)[C@H](C(=O)O)C2)c(C)c1. The van der Waals surface area contributed by atoms with Crippen LogP contribution in [0.1, 0.15) is 23.6 Å². The second-order valence-corrected chi connectivity index (χ2v) is 7.85. The van der Waals surface area contributed by atoms with E-state index >= 15 is 0 Å². The molecule has 2 rings (SSSR count). The van der Waals surface area contributed by atoms with Gasteiger partial charge >= 0.3 is 5.97 Å². The molecule has 1 N–H and O–H groups in total. The molecule has 1 aliphatic heterocycles. The van der Waals surface area contributed by atoms with Crippen LogP contribution in [0.15, 0.2) is 17.0 Å². The molecule has 1 aromatic carbocycles. The van der Waals surface area contributed by atoms with Gasteiger partial charge in [-0.15, -0.1) is 0 Å². The third-order valence-corrected chi connectivity index (χ3v) is 6.24. The van der Waals surface area contributed by atoms with Crippen molar-refractivity contribution in [3.05, 3.63) is 28.8 Å². The lowest BCUT2D eigenvalue weighted by atomic mass is 9.99. The van der Waals surface area contributed by atoms with Crippen molar-refractivity contribution >= 4 is 16.0 Å². The summed E-state index contributed by atoms with van der Waals surface area (Å²) in [6.45, 7) is 7.57. The third-order valence-electron chi connectivity index (χ3n) is 4.10. The Balaban J connectivity index is 2.43. The van der Waals surface area contributed by atoms with Crippen molar-refractivity contribution in [3.63, 3.8) is 0 Å². The van der Waals surface area contributed by atoms with Crippen LogP contribution in [0.4, 0.5) is 0 Å². The highest BCUT2D eigenvalue weighted by Gasteiger charge is 2.41. The van der Waals surface area contributed by atoms with Crippen LogP contribution in [0, 0.1) is 32.6 Å². The maximum atomic E-state index is 12.8. The summed E-state index contributed by atoms with van der Waals surface area (Å²) in [7, 11) is -3.65. The second kappa shape index (κ2) is 5.42. The topological polar surface area (TPSA) is 74.7 Å². The highest BCUT2D eigenvalue weighted by molar-refractivity contribution is 7.89. The summed E-state index contributed by atoms with van der Waals surface area (Å²) >= 11 is 0. The molecule has 1 fully saturated rings. The second-order valence-electron chi connectivity index (χ2n) is 5.97. The first-order valence-corrected chi connectivity index (χ1v) is 8.39. The van der Waals surface area contributed by atoms with Gasteiger partial charge in [0.15, 0.2) is 0 Å². The van der Waals surface area contributed by atoms with Crippen molar-refractivity contribution < 1.29 is 18.3 Å². The van der Waals surface area contributed by atoms with Crippen molar-refractivity contribution in [1.82, 2.24) is 4.31 Å². The number of nitrogens with zero attached hydrogens (tertiary/aromatic N) is 1. The Labute approximate surface area is 125 Å². The van der Waals surface area contributed by atoms with Crippen LogP contribution in [0.25, 0.3) is 0 Å². The Morgan fingerprint density at radius 2 is 1.71 bits per heavy atom. The number of carbonyl (C=O) groups is 1. The molecular formula is C15H21NO4S. The van der Waals surface area contributed by atoms with E-state index in [1.54, 1.807) is 20.8 Å². The molecule has 1 aliphatic rings. The molecule has 0 bridgehead atoms. The lowest BCUT2D eigenvalue weighted by Gasteiger charge is -2.20. The van der Waals surface area contributed by atoms with Crippen LogP contribution in [0.2, 0.25) is 0 Å². The maximum Gasteiger partial charge on any atom is 0.308 e. The predicted molar refractivity (Wildman–Crippen MR) is 79.7 cm³/mol. The third kappa shape index (κ3) is 2.82. The van der Waals surface area contributed by atoms with Gasteiger partial charge in [-0.05, 0) is 37.8 Å². The summed E-state index contributed by atoms with van der Waals surface area (Å²) in [6, 6.07) is 3.68. The average molecular weight is 311 g/mol. The predicted octanol–water partition coefficient (Wildman–Crippen LogP) is 1.95. The minimum Gasteiger partial charge on any atom is -0.481 e. The summed E-state index contributed by atoms with van der Waals surface area (Å²) in [5.74, 6) is -1.74. The van der Waals surface area contributed by atoms with Crippen molar-refractivity contribution in [2.75, 3.05) is 13.1 Å². The number of aryl methyl sites for hydroxylation is 3. The number of hydrogen-bond donors (Lipinski definition) is 1. The monoisotopic (exact) mass is 311 g/mol. The van der Waals surface area contributed by atoms with E-state index in [9.17, 15) is 13.2 Å². The van der Waals surface area contributed by atoms with Crippen LogP contribution in [0.5, 0.6) is 0 Å². The van der Waals surface area contributed by atoms with Crippen LogP contribution in [-0.4, -0.2) is 36.9 Å². The summed E-state index contributed by atoms with van der Waals surface area (Å²) in [5, 5.41) is 9.16. The van der Waals surface area contributed by atoms with Crippen molar-refractivity contribution in [3.8, 4) is 0 Å². The molecule has 21 heavy (non-hydrogen) atoms. The van der Waals surface area contributed by atoms with Crippen molar-refractivity contribution in [2.45, 2.75) is 32.6 Å². The molecule has 1 saturated heterocycles. The zero-order valence-electron chi connectivity index (χ0n) is 12.8. The van der Waals surface area contributed by atoms with Gasteiger partial charge in [0.25, 0.3) is 0 Å². The Morgan fingerprint density at radius 3 is 2.14 bits per heavy atom. The number of rotatable bonds is 3. The fraction of sp³-hybridized carbons (Fsp3) is 0.533. The lowest BCUT2D eigenvalue weighted by Crippen LogP contribution is -2.31. The highest BCUT2D eigenvalue weighted by Crippen LogP contribution is 2.31. The number of aliphatic carboxylic acids is 1. The molecule has 0 radical (unpaired) electrons. The summed E-state index contributed by atoms with van der Waals surface area (Å²) in [4.78, 5) is 11.5. The Hall–Kier alpha value is -1.40. The lowest BCUT2D eigenvalue weighted by molar-refractivity contribution is -0.142. The fourth-order valence-electron chi connectivity index (χ4n) is 3.14. The molecular weight excluding hydrogens is 290 g/mol. The van der Waals surface area contributed by atoms with Gasteiger partial charge in [0.2, 0.25) is 10.0 Å².